The zero-order valence-electron chi connectivity index (χ0n) is 9.34. The SMILES string of the molecule is CCNc1cccc(Oc2cnn(C)c2)n1. The summed E-state index contributed by atoms with van der Waals surface area (Å²) in [5.74, 6) is 2.05. The van der Waals surface area contributed by atoms with Gasteiger partial charge in [0, 0.05) is 19.7 Å². The Morgan fingerprint density at radius 3 is 3.00 bits per heavy atom. The topological polar surface area (TPSA) is 52.0 Å². The Bertz CT molecular complexity index is 467. The minimum atomic E-state index is 0.562. The Hall–Kier alpha value is -2.04. The summed E-state index contributed by atoms with van der Waals surface area (Å²) in [7, 11) is 1.84. The third-order valence-electron chi connectivity index (χ3n) is 1.99. The number of hydrogen-bond donors (Lipinski definition) is 1. The van der Waals surface area contributed by atoms with Gasteiger partial charge in [0.25, 0.3) is 0 Å². The molecule has 2 heterocycles. The molecule has 1 N–H and O–H groups in total. The first kappa shape index (κ1) is 10.5. The van der Waals surface area contributed by atoms with Crippen LogP contribution in [0.15, 0.2) is 30.6 Å². The van der Waals surface area contributed by atoms with Crippen LogP contribution in [-0.2, 0) is 7.05 Å². The Morgan fingerprint density at radius 1 is 1.44 bits per heavy atom. The number of nitrogens with zero attached hydrogens (tertiary/aromatic N) is 3. The van der Waals surface area contributed by atoms with Gasteiger partial charge in [0.05, 0.1) is 12.4 Å². The van der Waals surface area contributed by atoms with Crippen LogP contribution in [0, 0.1) is 0 Å². The van der Waals surface area contributed by atoms with E-state index in [1.165, 1.54) is 0 Å². The van der Waals surface area contributed by atoms with Crippen molar-refractivity contribution in [1.82, 2.24) is 14.8 Å². The molecule has 0 saturated heterocycles. The third-order valence-corrected chi connectivity index (χ3v) is 1.99. The zero-order chi connectivity index (χ0) is 11.4. The highest BCUT2D eigenvalue weighted by molar-refractivity contribution is 5.37. The van der Waals surface area contributed by atoms with Crippen LogP contribution in [0.2, 0.25) is 0 Å². The summed E-state index contributed by atoms with van der Waals surface area (Å²) in [6.07, 6.45) is 3.45. The van der Waals surface area contributed by atoms with Crippen molar-refractivity contribution in [3.8, 4) is 11.6 Å². The number of ether oxygens (including phenoxy) is 1. The molecular weight excluding hydrogens is 204 g/mol. The van der Waals surface area contributed by atoms with Gasteiger partial charge in [-0.15, -0.1) is 0 Å². The van der Waals surface area contributed by atoms with Crippen molar-refractivity contribution in [2.45, 2.75) is 6.92 Å². The van der Waals surface area contributed by atoms with Crippen molar-refractivity contribution >= 4 is 5.82 Å². The van der Waals surface area contributed by atoms with E-state index in [4.69, 9.17) is 4.74 Å². The number of rotatable bonds is 4. The predicted molar refractivity (Wildman–Crippen MR) is 61.7 cm³/mol. The van der Waals surface area contributed by atoms with Gasteiger partial charge >= 0.3 is 0 Å². The van der Waals surface area contributed by atoms with Gasteiger partial charge in [-0.25, -0.2) is 0 Å². The van der Waals surface area contributed by atoms with Gasteiger partial charge in [-0.1, -0.05) is 6.07 Å². The summed E-state index contributed by atoms with van der Waals surface area (Å²) in [4.78, 5) is 4.30. The average Bonchev–Trinajstić information content (AvgIpc) is 2.65. The van der Waals surface area contributed by atoms with Crippen LogP contribution in [-0.4, -0.2) is 21.3 Å². The van der Waals surface area contributed by atoms with E-state index >= 15 is 0 Å². The maximum Gasteiger partial charge on any atom is 0.221 e. The maximum atomic E-state index is 5.55. The summed E-state index contributed by atoms with van der Waals surface area (Å²) in [5, 5.41) is 7.15. The molecular formula is C11H14N4O. The summed E-state index contributed by atoms with van der Waals surface area (Å²) < 4.78 is 7.24. The molecule has 0 amide bonds. The molecule has 0 radical (unpaired) electrons. The molecule has 0 aliphatic carbocycles. The Kier molecular flexibility index (Phi) is 3.05. The van der Waals surface area contributed by atoms with E-state index in [-0.39, 0.29) is 0 Å². The van der Waals surface area contributed by atoms with Gasteiger partial charge in [0.15, 0.2) is 5.75 Å². The van der Waals surface area contributed by atoms with Crippen LogP contribution < -0.4 is 10.1 Å². The minimum absolute atomic E-state index is 0.562. The highest BCUT2D eigenvalue weighted by Gasteiger charge is 2.01. The van der Waals surface area contributed by atoms with E-state index in [2.05, 4.69) is 15.4 Å². The second-order valence-corrected chi connectivity index (χ2v) is 3.34. The van der Waals surface area contributed by atoms with Crippen LogP contribution in [0.25, 0.3) is 0 Å². The highest BCUT2D eigenvalue weighted by atomic mass is 16.5. The molecule has 0 aromatic carbocycles. The van der Waals surface area contributed by atoms with Gasteiger partial charge in [-0.05, 0) is 13.0 Å². The predicted octanol–water partition coefficient (Wildman–Crippen LogP) is 2.04. The van der Waals surface area contributed by atoms with E-state index in [9.17, 15) is 0 Å². The van der Waals surface area contributed by atoms with E-state index in [0.29, 0.717) is 11.6 Å². The molecule has 2 aromatic heterocycles. The van der Waals surface area contributed by atoms with Crippen molar-refractivity contribution < 1.29 is 4.74 Å². The molecule has 84 valence electrons. The molecule has 0 unspecified atom stereocenters. The van der Waals surface area contributed by atoms with Crippen LogP contribution in [0.4, 0.5) is 5.82 Å². The molecule has 2 rings (SSSR count). The molecule has 0 saturated carbocycles. The first-order valence-corrected chi connectivity index (χ1v) is 5.15. The van der Waals surface area contributed by atoms with Crippen LogP contribution in [0.5, 0.6) is 11.6 Å². The lowest BCUT2D eigenvalue weighted by Gasteiger charge is -2.05. The van der Waals surface area contributed by atoms with Crippen molar-refractivity contribution in [2.75, 3.05) is 11.9 Å². The quantitative estimate of drug-likeness (QED) is 0.853. The van der Waals surface area contributed by atoms with Gasteiger partial charge in [0.2, 0.25) is 5.88 Å². The zero-order valence-corrected chi connectivity index (χ0v) is 9.34. The second kappa shape index (κ2) is 4.65. The first-order valence-electron chi connectivity index (χ1n) is 5.15. The van der Waals surface area contributed by atoms with Crippen LogP contribution in [0.1, 0.15) is 6.92 Å². The van der Waals surface area contributed by atoms with Crippen molar-refractivity contribution in [3.05, 3.63) is 30.6 Å². The first-order chi connectivity index (χ1) is 7.78. The Morgan fingerprint density at radius 2 is 2.31 bits per heavy atom. The number of aryl methyl sites for hydroxylation is 1. The highest BCUT2D eigenvalue weighted by Crippen LogP contribution is 2.19. The van der Waals surface area contributed by atoms with E-state index < -0.39 is 0 Å². The van der Waals surface area contributed by atoms with Gasteiger partial charge < -0.3 is 10.1 Å². The number of hydrogen-bond acceptors (Lipinski definition) is 4. The normalized spacial score (nSPS) is 10.1. The smallest absolute Gasteiger partial charge is 0.221 e. The van der Waals surface area contributed by atoms with Crippen molar-refractivity contribution in [2.24, 2.45) is 7.05 Å². The molecule has 0 aliphatic rings. The summed E-state index contributed by atoms with van der Waals surface area (Å²) >= 11 is 0. The van der Waals surface area contributed by atoms with Gasteiger partial charge in [-0.3, -0.25) is 4.68 Å². The third kappa shape index (κ3) is 2.50. The lowest BCUT2D eigenvalue weighted by atomic mass is 10.4. The Labute approximate surface area is 94.1 Å². The fraction of sp³-hybridized carbons (Fsp3) is 0.273. The molecule has 0 aliphatic heterocycles. The number of nitrogens with one attached hydrogen (secondary N) is 1. The minimum Gasteiger partial charge on any atom is -0.436 e. The molecule has 5 heteroatoms. The van der Waals surface area contributed by atoms with E-state index in [1.54, 1.807) is 17.1 Å². The lowest BCUT2D eigenvalue weighted by molar-refractivity contribution is 0.463. The van der Waals surface area contributed by atoms with Crippen molar-refractivity contribution in [1.29, 1.82) is 0 Å². The van der Waals surface area contributed by atoms with Gasteiger partial charge in [-0.2, -0.15) is 10.1 Å². The maximum absolute atomic E-state index is 5.55. The second-order valence-electron chi connectivity index (χ2n) is 3.34. The van der Waals surface area contributed by atoms with E-state index in [1.807, 2.05) is 32.2 Å². The standard InChI is InChI=1S/C11H14N4O/c1-3-12-10-5-4-6-11(14-10)16-9-7-13-15(2)8-9/h4-8H,3H2,1-2H3,(H,12,14). The number of pyridine rings is 1. The fourth-order valence-electron chi connectivity index (χ4n) is 1.32. The lowest BCUT2D eigenvalue weighted by Crippen LogP contribution is -1.99. The molecule has 0 atom stereocenters. The summed E-state index contributed by atoms with van der Waals surface area (Å²) in [6.45, 7) is 2.86. The molecule has 16 heavy (non-hydrogen) atoms. The molecule has 0 bridgehead atoms. The van der Waals surface area contributed by atoms with Crippen molar-refractivity contribution in [3.63, 3.8) is 0 Å². The fourth-order valence-corrected chi connectivity index (χ4v) is 1.32. The Balaban J connectivity index is 2.12. The summed E-state index contributed by atoms with van der Waals surface area (Å²) in [6, 6.07) is 5.62. The molecule has 2 aromatic rings. The molecule has 0 fully saturated rings. The average molecular weight is 218 g/mol. The van der Waals surface area contributed by atoms with E-state index in [0.717, 1.165) is 12.4 Å². The number of anilines is 1. The van der Waals surface area contributed by atoms with Gasteiger partial charge in [0.1, 0.15) is 5.82 Å². The molecule has 0 spiro atoms. The monoisotopic (exact) mass is 218 g/mol. The van der Waals surface area contributed by atoms with Crippen LogP contribution >= 0.6 is 0 Å². The largest absolute Gasteiger partial charge is 0.436 e. The summed E-state index contributed by atoms with van der Waals surface area (Å²) in [5.41, 5.74) is 0. The van der Waals surface area contributed by atoms with Crippen LogP contribution in [0.3, 0.4) is 0 Å². The molecule has 5 nitrogen and oxygen atoms in total. The number of aromatic nitrogens is 3.